The molecule has 19 heteroatoms. The fraction of sp³-hybridized carbons (Fsp3) is 0.728. The smallest absolute Gasteiger partial charge is 0.462 e. The maximum absolute atomic E-state index is 13.1. The van der Waals surface area contributed by atoms with Crippen molar-refractivity contribution in [2.75, 3.05) is 39.6 Å². The molecule has 0 saturated carbocycles. The molecule has 0 saturated heterocycles. The van der Waals surface area contributed by atoms with Gasteiger partial charge in [-0.05, 0) is 141 Å². The second-order valence-electron chi connectivity index (χ2n) is 25.9. The maximum atomic E-state index is 13.1. The van der Waals surface area contributed by atoms with E-state index in [1.54, 1.807) is 0 Å². The third kappa shape index (κ3) is 72.1. The molecule has 0 spiro atoms. The predicted octanol–water partition coefficient (Wildman–Crippen LogP) is 22.6. The van der Waals surface area contributed by atoms with Crippen LogP contribution in [0.4, 0.5) is 0 Å². The molecule has 0 aliphatic rings. The van der Waals surface area contributed by atoms with Gasteiger partial charge in [-0.15, -0.1) is 0 Å². The third-order valence-corrected chi connectivity index (χ3v) is 18.1. The van der Waals surface area contributed by atoms with E-state index in [1.807, 2.05) is 18.2 Å². The molecule has 576 valence electrons. The van der Waals surface area contributed by atoms with E-state index in [0.29, 0.717) is 32.1 Å². The third-order valence-electron chi connectivity index (χ3n) is 16.2. The zero-order valence-electron chi connectivity index (χ0n) is 62.8. The normalized spacial score (nSPS) is 14.5. The van der Waals surface area contributed by atoms with Gasteiger partial charge in [0.1, 0.15) is 19.3 Å². The summed E-state index contributed by atoms with van der Waals surface area (Å²) in [5, 5.41) is 10.6. The van der Waals surface area contributed by atoms with Crippen LogP contribution in [0, 0.1) is 0 Å². The topological polar surface area (TPSA) is 237 Å². The highest BCUT2D eigenvalue weighted by Gasteiger charge is 2.30. The Labute approximate surface area is 607 Å². The fourth-order valence-corrected chi connectivity index (χ4v) is 11.8. The first-order valence-electron chi connectivity index (χ1n) is 39.1. The van der Waals surface area contributed by atoms with Crippen molar-refractivity contribution in [1.29, 1.82) is 0 Å². The second-order valence-corrected chi connectivity index (χ2v) is 28.8. The molecule has 0 aliphatic carbocycles. The molecule has 0 radical (unpaired) electrons. The molecule has 0 amide bonds. The first kappa shape index (κ1) is 95.7. The Kier molecular flexibility index (Phi) is 69.9. The monoisotopic (exact) mass is 1450 g/mol. The van der Waals surface area contributed by atoms with E-state index in [0.717, 1.165) is 148 Å². The van der Waals surface area contributed by atoms with Crippen molar-refractivity contribution in [3.8, 4) is 0 Å². The summed E-state index contributed by atoms with van der Waals surface area (Å²) in [4.78, 5) is 72.9. The summed E-state index contributed by atoms with van der Waals surface area (Å²) < 4.78 is 68.4. The van der Waals surface area contributed by atoms with Crippen LogP contribution in [0.2, 0.25) is 0 Å². The zero-order chi connectivity index (χ0) is 73.2. The highest BCUT2D eigenvalue weighted by Crippen LogP contribution is 2.45. The predicted molar refractivity (Wildman–Crippen MR) is 408 cm³/mol. The average molecular weight is 1450 g/mol. The molecule has 0 aromatic rings. The number of phosphoric acid groups is 2. The molecule has 3 N–H and O–H groups in total. The van der Waals surface area contributed by atoms with Crippen LogP contribution in [-0.2, 0) is 65.4 Å². The zero-order valence-corrected chi connectivity index (χ0v) is 64.6. The van der Waals surface area contributed by atoms with Crippen LogP contribution < -0.4 is 0 Å². The van der Waals surface area contributed by atoms with E-state index in [-0.39, 0.29) is 25.7 Å². The lowest BCUT2D eigenvalue weighted by Crippen LogP contribution is -2.30. The number of carbonyl (C=O) groups excluding carboxylic acids is 4. The van der Waals surface area contributed by atoms with Gasteiger partial charge in [-0.3, -0.25) is 37.3 Å². The molecule has 100 heavy (non-hydrogen) atoms. The largest absolute Gasteiger partial charge is 0.472 e. The number of unbranched alkanes of at least 4 members (excludes halogenated alkanes) is 29. The van der Waals surface area contributed by atoms with Crippen molar-refractivity contribution in [3.05, 3.63) is 109 Å². The Bertz CT molecular complexity index is 2320. The lowest BCUT2D eigenvalue weighted by atomic mass is 10.1. The van der Waals surface area contributed by atoms with E-state index in [4.69, 9.17) is 37.0 Å². The lowest BCUT2D eigenvalue weighted by molar-refractivity contribution is -0.161. The average Bonchev–Trinajstić information content (AvgIpc) is 0.929. The van der Waals surface area contributed by atoms with Crippen LogP contribution in [0.25, 0.3) is 0 Å². The van der Waals surface area contributed by atoms with Gasteiger partial charge in [0.25, 0.3) is 0 Å². The van der Waals surface area contributed by atoms with E-state index in [1.165, 1.54) is 89.9 Å². The molecule has 0 rings (SSSR count). The molecule has 0 aromatic heterocycles. The molecule has 5 atom stereocenters. The van der Waals surface area contributed by atoms with Crippen molar-refractivity contribution in [2.24, 2.45) is 0 Å². The molecule has 17 nitrogen and oxygen atoms in total. The lowest BCUT2D eigenvalue weighted by Gasteiger charge is -2.21. The minimum atomic E-state index is -5.00. The van der Waals surface area contributed by atoms with Gasteiger partial charge in [-0.2, -0.15) is 0 Å². The molecule has 0 aromatic carbocycles. The number of hydrogen-bond donors (Lipinski definition) is 3. The van der Waals surface area contributed by atoms with Gasteiger partial charge in [-0.1, -0.05) is 265 Å². The summed E-state index contributed by atoms with van der Waals surface area (Å²) >= 11 is 0. The number of esters is 4. The van der Waals surface area contributed by atoms with E-state index in [2.05, 4.69) is 119 Å². The molecular formula is C81H140O17P2. The van der Waals surface area contributed by atoms with Gasteiger partial charge < -0.3 is 33.8 Å². The van der Waals surface area contributed by atoms with Gasteiger partial charge in [0.15, 0.2) is 12.2 Å². The number of aliphatic hydroxyl groups excluding tert-OH is 1. The highest BCUT2D eigenvalue weighted by atomic mass is 31.2. The molecular weight excluding hydrogens is 1310 g/mol. The van der Waals surface area contributed by atoms with E-state index in [9.17, 15) is 43.2 Å². The van der Waals surface area contributed by atoms with Crippen LogP contribution in [0.15, 0.2) is 109 Å². The Morgan fingerprint density at radius 3 is 0.860 bits per heavy atom. The number of rotatable bonds is 73. The van der Waals surface area contributed by atoms with Gasteiger partial charge >= 0.3 is 39.5 Å². The number of allylic oxidation sites excluding steroid dienone is 18. The summed E-state index contributed by atoms with van der Waals surface area (Å²) in [5.74, 6) is -2.29. The van der Waals surface area contributed by atoms with Crippen LogP contribution >= 0.6 is 15.6 Å². The number of hydrogen-bond acceptors (Lipinski definition) is 15. The number of ether oxygens (including phenoxy) is 4. The Morgan fingerprint density at radius 1 is 0.290 bits per heavy atom. The molecule has 0 bridgehead atoms. The standard InChI is InChI=1S/C81H140O17P2/c1-5-9-13-17-21-25-29-33-35-36-37-38-40-44-48-52-56-60-64-68-81(86)98-77(71-91-78(83)65-61-57-53-49-45-41-31-27-23-19-15-11-7-3)74-96-100(89,90)94-70-75(82)69-93-99(87,88)95-73-76(97-80(85)67-63-59-55-51-47-42-32-28-24-20-16-12-8-4)72-92-79(84)66-62-58-54-50-46-43-39-34-30-26-22-18-14-10-6-2/h9,13,21,25-28,30-33,35,37-38,44,48,56,60,75-77,82H,5-8,10-12,14-20,22-24,29,34,36,39-43,45-47,49-55,57-59,61-74H2,1-4H3,(H,87,88)(H,89,90)/b13-9-,25-21-,30-26-,31-27-,32-28-,35-33-,38-37-,48-44-,60-56-/t75-,76-,77-/m1/s1. The molecule has 0 aliphatic heterocycles. The van der Waals surface area contributed by atoms with Crippen LogP contribution in [-0.4, -0.2) is 96.7 Å². The van der Waals surface area contributed by atoms with Crippen molar-refractivity contribution in [2.45, 2.75) is 341 Å². The quantitative estimate of drug-likeness (QED) is 0.0169. The number of aliphatic hydroxyl groups is 1. The summed E-state index contributed by atoms with van der Waals surface area (Å²) in [6, 6.07) is 0. The number of carbonyl (C=O) groups is 4. The Hall–Kier alpha value is -4.28. The SMILES string of the molecule is CC/C=C\C/C=C\C/C=C\C/C=C\C/C=C\C/C=C\CCC(=O)O[C@H](COC(=O)CCCCCCC/C=C\CCCCCC)COP(=O)(O)OC[C@H](O)COP(=O)(O)OC[C@@H](COC(=O)CCCCCCCCC/C=C\CCCCCC)OC(=O)CCCCCCC/C=C\CCCCCC. The van der Waals surface area contributed by atoms with Crippen LogP contribution in [0.1, 0.15) is 323 Å². The molecule has 0 heterocycles. The first-order valence-corrected chi connectivity index (χ1v) is 42.1. The summed E-state index contributed by atoms with van der Waals surface area (Å²) in [6.07, 6.45) is 78.0. The van der Waals surface area contributed by atoms with Gasteiger partial charge in [-0.25, -0.2) is 9.13 Å². The molecule has 2 unspecified atom stereocenters. The van der Waals surface area contributed by atoms with E-state index >= 15 is 0 Å². The van der Waals surface area contributed by atoms with Crippen molar-refractivity contribution >= 4 is 39.5 Å². The van der Waals surface area contributed by atoms with Gasteiger partial charge in [0.2, 0.25) is 0 Å². The van der Waals surface area contributed by atoms with E-state index < -0.39 is 97.5 Å². The minimum Gasteiger partial charge on any atom is -0.462 e. The van der Waals surface area contributed by atoms with Crippen LogP contribution in [0.3, 0.4) is 0 Å². The summed E-state index contributed by atoms with van der Waals surface area (Å²) in [5.41, 5.74) is 0. The molecule has 0 fully saturated rings. The van der Waals surface area contributed by atoms with Gasteiger partial charge in [0.05, 0.1) is 26.4 Å². The van der Waals surface area contributed by atoms with Crippen molar-refractivity contribution < 1.29 is 80.2 Å². The summed E-state index contributed by atoms with van der Waals surface area (Å²) in [6.45, 7) is 4.63. The fourth-order valence-electron chi connectivity index (χ4n) is 10.2. The van der Waals surface area contributed by atoms with Gasteiger partial charge in [0, 0.05) is 25.7 Å². The first-order chi connectivity index (χ1) is 48.7. The Balaban J connectivity index is 5.42. The second kappa shape index (κ2) is 73.0. The van der Waals surface area contributed by atoms with Crippen LogP contribution in [0.5, 0.6) is 0 Å². The Morgan fingerprint density at radius 2 is 0.540 bits per heavy atom. The highest BCUT2D eigenvalue weighted by molar-refractivity contribution is 7.47. The maximum Gasteiger partial charge on any atom is 0.472 e. The number of phosphoric ester groups is 2. The minimum absolute atomic E-state index is 0.0327. The summed E-state index contributed by atoms with van der Waals surface area (Å²) in [7, 11) is -9.98. The van der Waals surface area contributed by atoms with Crippen molar-refractivity contribution in [1.82, 2.24) is 0 Å². The van der Waals surface area contributed by atoms with Crippen molar-refractivity contribution in [3.63, 3.8) is 0 Å².